The lowest BCUT2D eigenvalue weighted by molar-refractivity contribution is -0.127. The highest BCUT2D eigenvalue weighted by Crippen LogP contribution is 2.44. The Morgan fingerprint density at radius 1 is 1.09 bits per heavy atom. The summed E-state index contributed by atoms with van der Waals surface area (Å²) in [7, 11) is 0. The zero-order valence-electron chi connectivity index (χ0n) is 19.1. The summed E-state index contributed by atoms with van der Waals surface area (Å²) in [5, 5.41) is 16.5. The number of alkyl carbamates (subject to hydrolysis) is 1. The molecule has 3 aromatic rings. The van der Waals surface area contributed by atoms with Gasteiger partial charge in [0.1, 0.15) is 17.2 Å². The first-order valence-corrected chi connectivity index (χ1v) is 12.3. The fourth-order valence-electron chi connectivity index (χ4n) is 4.68. The number of benzene rings is 2. The van der Waals surface area contributed by atoms with Crippen LogP contribution < -0.4 is 10.6 Å². The van der Waals surface area contributed by atoms with Gasteiger partial charge < -0.3 is 20.5 Å². The number of hydrogen-bond donors (Lipinski definition) is 3. The van der Waals surface area contributed by atoms with Gasteiger partial charge in [-0.25, -0.2) is 14.6 Å². The third-order valence-electron chi connectivity index (χ3n) is 6.74. The molecule has 0 bridgehead atoms. The number of nitrogens with zero attached hydrogens (tertiary/aromatic N) is 1. The van der Waals surface area contributed by atoms with Crippen LogP contribution in [0.1, 0.15) is 52.3 Å². The molecule has 0 radical (unpaired) electrons. The molecule has 1 saturated carbocycles. The van der Waals surface area contributed by atoms with Crippen LogP contribution in [-0.4, -0.2) is 40.2 Å². The zero-order valence-corrected chi connectivity index (χ0v) is 19.9. The molecular weight excluding hydrogens is 466 g/mol. The minimum atomic E-state index is -1.13. The second-order valence-corrected chi connectivity index (χ2v) is 9.98. The van der Waals surface area contributed by atoms with E-state index in [0.29, 0.717) is 5.01 Å². The van der Waals surface area contributed by atoms with Gasteiger partial charge in [-0.1, -0.05) is 48.5 Å². The predicted molar refractivity (Wildman–Crippen MR) is 130 cm³/mol. The van der Waals surface area contributed by atoms with Gasteiger partial charge in [-0.2, -0.15) is 0 Å². The van der Waals surface area contributed by atoms with Crippen molar-refractivity contribution < 1.29 is 24.2 Å². The number of thiazole rings is 1. The van der Waals surface area contributed by atoms with Gasteiger partial charge in [-0.05, 0) is 47.9 Å². The molecule has 2 aliphatic carbocycles. The lowest BCUT2D eigenvalue weighted by Gasteiger charge is -2.29. The highest BCUT2D eigenvalue weighted by Gasteiger charge is 2.48. The molecule has 1 fully saturated rings. The summed E-state index contributed by atoms with van der Waals surface area (Å²) in [5.74, 6) is -1.52. The summed E-state index contributed by atoms with van der Waals surface area (Å²) < 4.78 is 5.65. The average Bonchev–Trinajstić information content (AvgIpc) is 3.53. The molecule has 3 N–H and O–H groups in total. The van der Waals surface area contributed by atoms with Gasteiger partial charge in [0.25, 0.3) is 0 Å². The number of rotatable bonds is 8. The Bertz CT molecular complexity index is 1260. The lowest BCUT2D eigenvalue weighted by Crippen LogP contribution is -2.58. The number of aromatic carboxylic acids is 1. The summed E-state index contributed by atoms with van der Waals surface area (Å²) in [5.41, 5.74) is 3.35. The largest absolute Gasteiger partial charge is 0.476 e. The number of ether oxygens (including phenoxy) is 1. The minimum absolute atomic E-state index is 0.00820. The van der Waals surface area contributed by atoms with Crippen LogP contribution in [0.2, 0.25) is 0 Å². The van der Waals surface area contributed by atoms with Crippen molar-refractivity contribution in [3.8, 4) is 11.1 Å². The van der Waals surface area contributed by atoms with E-state index in [1.165, 1.54) is 5.38 Å². The SMILES string of the molecule is CC(NC(=O)OCC1c2ccccc2-c2ccccc21)(C(=O)NCc1nc(C(=O)O)cs1)C1CC1. The number of amides is 2. The Kier molecular flexibility index (Phi) is 6.02. The Morgan fingerprint density at radius 2 is 1.71 bits per heavy atom. The summed E-state index contributed by atoms with van der Waals surface area (Å²) in [6.45, 7) is 1.96. The molecule has 8 nitrogen and oxygen atoms in total. The first-order chi connectivity index (χ1) is 16.9. The topological polar surface area (TPSA) is 118 Å². The third kappa shape index (κ3) is 4.51. The average molecular weight is 492 g/mol. The number of carbonyl (C=O) groups is 3. The van der Waals surface area contributed by atoms with E-state index in [0.717, 1.165) is 46.4 Å². The van der Waals surface area contributed by atoms with Crippen LogP contribution in [-0.2, 0) is 16.1 Å². The third-order valence-corrected chi connectivity index (χ3v) is 7.59. The van der Waals surface area contributed by atoms with Gasteiger partial charge in [-0.15, -0.1) is 11.3 Å². The van der Waals surface area contributed by atoms with E-state index in [-0.39, 0.29) is 36.6 Å². The van der Waals surface area contributed by atoms with Gasteiger partial charge in [-0.3, -0.25) is 4.79 Å². The van der Waals surface area contributed by atoms with E-state index in [1.54, 1.807) is 6.92 Å². The molecule has 1 heterocycles. The predicted octanol–water partition coefficient (Wildman–Crippen LogP) is 4.16. The summed E-state index contributed by atoms with van der Waals surface area (Å²) in [6, 6.07) is 16.2. The smallest absolute Gasteiger partial charge is 0.408 e. The molecule has 2 aromatic carbocycles. The molecule has 0 aliphatic heterocycles. The van der Waals surface area contributed by atoms with Crippen molar-refractivity contribution in [3.63, 3.8) is 0 Å². The monoisotopic (exact) mass is 491 g/mol. The Balaban J connectivity index is 1.23. The standard InChI is InChI=1S/C26H25N3O5S/c1-26(15-10-11-15,24(32)27-12-22-28-21(14-35-22)23(30)31)29-25(33)34-13-20-18-8-4-2-6-16(18)17-7-3-5-9-19(17)20/h2-9,14-15,20H,10-13H2,1H3,(H,27,32)(H,29,33)(H,30,31). The van der Waals surface area contributed by atoms with Crippen LogP contribution >= 0.6 is 11.3 Å². The van der Waals surface area contributed by atoms with Gasteiger partial charge in [0.2, 0.25) is 5.91 Å². The van der Waals surface area contributed by atoms with E-state index < -0.39 is 17.6 Å². The molecule has 5 rings (SSSR count). The maximum absolute atomic E-state index is 13.1. The van der Waals surface area contributed by atoms with Gasteiger partial charge in [0, 0.05) is 11.3 Å². The van der Waals surface area contributed by atoms with Crippen molar-refractivity contribution in [1.29, 1.82) is 0 Å². The van der Waals surface area contributed by atoms with Crippen LogP contribution in [0.5, 0.6) is 0 Å². The van der Waals surface area contributed by atoms with Gasteiger partial charge in [0.15, 0.2) is 5.69 Å². The van der Waals surface area contributed by atoms with Crippen molar-refractivity contribution in [2.45, 2.75) is 37.8 Å². The number of aromatic nitrogens is 1. The first-order valence-electron chi connectivity index (χ1n) is 11.5. The Labute approximate surface area is 206 Å². The number of hydrogen-bond acceptors (Lipinski definition) is 6. The van der Waals surface area contributed by atoms with Crippen molar-refractivity contribution in [1.82, 2.24) is 15.6 Å². The number of nitrogens with one attached hydrogen (secondary N) is 2. The molecule has 2 aliphatic rings. The molecule has 1 aromatic heterocycles. The van der Waals surface area contributed by atoms with E-state index in [1.807, 2.05) is 24.3 Å². The molecular formula is C26H25N3O5S. The summed E-state index contributed by atoms with van der Waals surface area (Å²) in [6.07, 6.45) is 1.01. The van der Waals surface area contributed by atoms with Crippen LogP contribution in [0.3, 0.4) is 0 Å². The molecule has 35 heavy (non-hydrogen) atoms. The van der Waals surface area contributed by atoms with E-state index in [4.69, 9.17) is 9.84 Å². The molecule has 1 unspecified atom stereocenters. The summed E-state index contributed by atoms with van der Waals surface area (Å²) >= 11 is 1.16. The normalized spacial score (nSPS) is 16.0. The second-order valence-electron chi connectivity index (χ2n) is 9.04. The molecule has 9 heteroatoms. The Morgan fingerprint density at radius 3 is 2.29 bits per heavy atom. The van der Waals surface area contributed by atoms with Gasteiger partial charge >= 0.3 is 12.1 Å². The highest BCUT2D eigenvalue weighted by molar-refractivity contribution is 7.09. The maximum Gasteiger partial charge on any atom is 0.408 e. The quantitative estimate of drug-likeness (QED) is 0.435. The number of carboxylic acid groups (broad SMARTS) is 1. The summed E-state index contributed by atoms with van der Waals surface area (Å²) in [4.78, 5) is 40.9. The van der Waals surface area contributed by atoms with E-state index >= 15 is 0 Å². The van der Waals surface area contributed by atoms with Crippen molar-refractivity contribution in [2.24, 2.45) is 5.92 Å². The molecule has 1 atom stereocenters. The molecule has 180 valence electrons. The fourth-order valence-corrected chi connectivity index (χ4v) is 5.39. The number of carbonyl (C=O) groups excluding carboxylic acids is 2. The second kappa shape index (κ2) is 9.14. The Hall–Kier alpha value is -3.72. The van der Waals surface area contributed by atoms with Crippen LogP contribution in [0.4, 0.5) is 4.79 Å². The van der Waals surface area contributed by atoms with Gasteiger partial charge in [0.05, 0.1) is 6.54 Å². The van der Waals surface area contributed by atoms with E-state index in [2.05, 4.69) is 39.9 Å². The number of fused-ring (bicyclic) bond motifs is 3. The minimum Gasteiger partial charge on any atom is -0.476 e. The van der Waals surface area contributed by atoms with Crippen LogP contribution in [0, 0.1) is 5.92 Å². The van der Waals surface area contributed by atoms with Crippen LogP contribution in [0.25, 0.3) is 11.1 Å². The molecule has 2 amide bonds. The fraction of sp³-hybridized carbons (Fsp3) is 0.308. The molecule has 0 spiro atoms. The van der Waals surface area contributed by atoms with Crippen molar-refractivity contribution in [2.75, 3.05) is 6.61 Å². The first kappa shape index (κ1) is 23.0. The van der Waals surface area contributed by atoms with Crippen LogP contribution in [0.15, 0.2) is 53.9 Å². The zero-order chi connectivity index (χ0) is 24.6. The lowest BCUT2D eigenvalue weighted by atomic mass is 9.94. The van der Waals surface area contributed by atoms with Crippen molar-refractivity contribution in [3.05, 3.63) is 75.7 Å². The maximum atomic E-state index is 13.1. The van der Waals surface area contributed by atoms with Crippen molar-refractivity contribution >= 4 is 29.3 Å². The number of carboxylic acids is 1. The highest BCUT2D eigenvalue weighted by atomic mass is 32.1. The van der Waals surface area contributed by atoms with E-state index in [9.17, 15) is 14.4 Å². The molecule has 0 saturated heterocycles.